The Labute approximate surface area is 205 Å². The Balaban J connectivity index is 1.34. The number of hydrogen-bond acceptors (Lipinski definition) is 9. The predicted molar refractivity (Wildman–Crippen MR) is 135 cm³/mol. The second kappa shape index (κ2) is 9.46. The molecule has 0 radical (unpaired) electrons. The predicted octanol–water partition coefficient (Wildman–Crippen LogP) is 2.28. The lowest BCUT2D eigenvalue weighted by molar-refractivity contribution is 0.461. The molecule has 1 fully saturated rings. The van der Waals surface area contributed by atoms with Crippen LogP contribution in [0.5, 0.6) is 0 Å². The molecule has 3 aromatic rings. The van der Waals surface area contributed by atoms with Gasteiger partial charge in [0.1, 0.15) is 5.82 Å². The van der Waals surface area contributed by atoms with Crippen LogP contribution in [0.15, 0.2) is 36.8 Å². The molecule has 1 atom stereocenters. The molecule has 1 saturated heterocycles. The van der Waals surface area contributed by atoms with Crippen LogP contribution in [0.3, 0.4) is 0 Å². The van der Waals surface area contributed by atoms with Gasteiger partial charge in [-0.25, -0.2) is 38.1 Å². The summed E-state index contributed by atoms with van der Waals surface area (Å²) in [5.41, 5.74) is 4.20. The maximum Gasteiger partial charge on any atom is 0.208 e. The van der Waals surface area contributed by atoms with E-state index >= 15 is 0 Å². The number of hydrogen-bond donors (Lipinski definition) is 1. The summed E-state index contributed by atoms with van der Waals surface area (Å²) < 4.78 is 25.9. The van der Waals surface area contributed by atoms with E-state index in [1.807, 2.05) is 13.1 Å². The van der Waals surface area contributed by atoms with Gasteiger partial charge in [-0.2, -0.15) is 0 Å². The van der Waals surface area contributed by atoms with E-state index in [4.69, 9.17) is 9.97 Å². The van der Waals surface area contributed by atoms with Gasteiger partial charge in [0.05, 0.1) is 18.0 Å². The fourth-order valence-corrected chi connectivity index (χ4v) is 5.76. The van der Waals surface area contributed by atoms with Crippen LogP contribution in [0, 0.1) is 6.92 Å². The lowest BCUT2D eigenvalue weighted by Crippen LogP contribution is -2.44. The Bertz CT molecular complexity index is 1310. The lowest BCUT2D eigenvalue weighted by atomic mass is 9.99. The van der Waals surface area contributed by atoms with Crippen molar-refractivity contribution in [3.05, 3.63) is 53.7 Å². The number of nitrogens with zero attached hydrogens (tertiary/aromatic N) is 7. The lowest BCUT2D eigenvalue weighted by Gasteiger charge is -2.37. The fourth-order valence-electron chi connectivity index (χ4n) is 4.92. The zero-order chi connectivity index (χ0) is 24.6. The Hall–Kier alpha value is -3.18. The highest BCUT2D eigenvalue weighted by molar-refractivity contribution is 7.88. The van der Waals surface area contributed by atoms with Crippen LogP contribution < -0.4 is 14.5 Å². The van der Waals surface area contributed by atoms with Gasteiger partial charge in [-0.3, -0.25) is 0 Å². The third kappa shape index (κ3) is 5.25. The number of rotatable bonds is 5. The zero-order valence-electron chi connectivity index (χ0n) is 20.2. The van der Waals surface area contributed by atoms with Gasteiger partial charge >= 0.3 is 0 Å². The number of pyridine rings is 1. The highest BCUT2D eigenvalue weighted by Crippen LogP contribution is 2.34. The van der Waals surface area contributed by atoms with Crippen molar-refractivity contribution in [2.24, 2.45) is 0 Å². The molecule has 2 aliphatic rings. The summed E-state index contributed by atoms with van der Waals surface area (Å²) >= 11 is 0. The molecule has 10 nitrogen and oxygen atoms in total. The second-order valence-electron chi connectivity index (χ2n) is 9.26. The molecule has 2 aliphatic heterocycles. The summed E-state index contributed by atoms with van der Waals surface area (Å²) in [5.74, 6) is 2.02. The average molecular weight is 495 g/mol. The third-order valence-electron chi connectivity index (χ3n) is 6.63. The van der Waals surface area contributed by atoms with Gasteiger partial charge in [0.15, 0.2) is 11.6 Å². The first-order valence-electron chi connectivity index (χ1n) is 11.9. The maximum absolute atomic E-state index is 11.6. The van der Waals surface area contributed by atoms with Gasteiger partial charge in [-0.15, -0.1) is 0 Å². The molecule has 1 unspecified atom stereocenters. The summed E-state index contributed by atoms with van der Waals surface area (Å²) in [4.78, 5) is 27.3. The Kier molecular flexibility index (Phi) is 6.37. The second-order valence-corrected chi connectivity index (χ2v) is 11.0. The molecule has 0 aliphatic carbocycles. The van der Waals surface area contributed by atoms with E-state index in [9.17, 15) is 8.42 Å². The van der Waals surface area contributed by atoms with Crippen molar-refractivity contribution < 1.29 is 8.42 Å². The molecule has 0 amide bonds. The SMILES string of the molecule is Cc1cc(N2CCC(NS(C)(=O)=O)CC2)cc(N2CCc3nc(-c4ncccn4)ncc3C2C)n1. The highest BCUT2D eigenvalue weighted by Gasteiger charge is 2.28. The van der Waals surface area contributed by atoms with Gasteiger partial charge in [0.2, 0.25) is 10.0 Å². The number of aryl methyl sites for hydroxylation is 1. The minimum atomic E-state index is -3.19. The van der Waals surface area contributed by atoms with Crippen LogP contribution in [-0.4, -0.2) is 65.3 Å². The molecule has 0 bridgehead atoms. The summed E-state index contributed by atoms with van der Waals surface area (Å²) in [6.45, 7) is 6.57. The average Bonchev–Trinajstić information content (AvgIpc) is 2.84. The van der Waals surface area contributed by atoms with Gasteiger partial charge in [0.25, 0.3) is 0 Å². The van der Waals surface area contributed by atoms with Crippen LogP contribution in [0.1, 0.15) is 42.8 Å². The molecule has 1 N–H and O–H groups in total. The Morgan fingerprint density at radius 1 is 1.00 bits per heavy atom. The number of piperidine rings is 1. The first-order valence-corrected chi connectivity index (χ1v) is 13.8. The number of sulfonamides is 1. The first kappa shape index (κ1) is 23.6. The molecular formula is C24H30N8O2S. The van der Waals surface area contributed by atoms with Crippen molar-refractivity contribution in [1.82, 2.24) is 29.6 Å². The molecule has 0 saturated carbocycles. The molecular weight excluding hydrogens is 464 g/mol. The Morgan fingerprint density at radius 2 is 1.74 bits per heavy atom. The van der Waals surface area contributed by atoms with E-state index < -0.39 is 10.0 Å². The van der Waals surface area contributed by atoms with E-state index in [-0.39, 0.29) is 12.1 Å². The molecule has 5 heterocycles. The molecule has 5 rings (SSSR count). The van der Waals surface area contributed by atoms with E-state index in [2.05, 4.69) is 48.5 Å². The standard InChI is InChI=1S/C24H30N8O2S/c1-16-13-19(31-10-5-18(6-11-31)30-35(3,33)34)14-22(28-16)32-12-7-21-20(17(32)2)15-27-24(29-21)23-25-8-4-9-26-23/h4,8-9,13-15,17-18,30H,5-7,10-12H2,1-3H3. The molecule has 35 heavy (non-hydrogen) atoms. The van der Waals surface area contributed by atoms with Gasteiger partial charge in [-0.1, -0.05) is 0 Å². The molecule has 0 spiro atoms. The van der Waals surface area contributed by atoms with E-state index in [0.717, 1.165) is 67.4 Å². The molecule has 11 heteroatoms. The Morgan fingerprint density at radius 3 is 2.46 bits per heavy atom. The van der Waals surface area contributed by atoms with Crippen LogP contribution >= 0.6 is 0 Å². The smallest absolute Gasteiger partial charge is 0.208 e. The van der Waals surface area contributed by atoms with Crippen molar-refractivity contribution >= 4 is 21.5 Å². The summed E-state index contributed by atoms with van der Waals surface area (Å²) in [5, 5.41) is 0. The number of anilines is 2. The normalized spacial score (nSPS) is 19.0. The molecule has 3 aromatic heterocycles. The van der Waals surface area contributed by atoms with Crippen molar-refractivity contribution in [2.45, 2.75) is 45.2 Å². The van der Waals surface area contributed by atoms with Gasteiger partial charge < -0.3 is 9.80 Å². The fraction of sp³-hybridized carbons (Fsp3) is 0.458. The highest BCUT2D eigenvalue weighted by atomic mass is 32.2. The molecule has 184 valence electrons. The topological polar surface area (TPSA) is 117 Å². The van der Waals surface area contributed by atoms with Crippen LogP contribution in [0.4, 0.5) is 11.5 Å². The third-order valence-corrected chi connectivity index (χ3v) is 7.39. The van der Waals surface area contributed by atoms with Crippen LogP contribution in [-0.2, 0) is 16.4 Å². The number of nitrogens with one attached hydrogen (secondary N) is 1. The zero-order valence-corrected chi connectivity index (χ0v) is 21.0. The minimum absolute atomic E-state index is 0.00606. The largest absolute Gasteiger partial charge is 0.371 e. The van der Waals surface area contributed by atoms with E-state index in [0.29, 0.717) is 11.6 Å². The van der Waals surface area contributed by atoms with Gasteiger partial charge in [0, 0.05) is 73.7 Å². The molecule has 0 aromatic carbocycles. The van der Waals surface area contributed by atoms with Crippen LogP contribution in [0.25, 0.3) is 11.6 Å². The number of fused-ring (bicyclic) bond motifs is 1. The van der Waals surface area contributed by atoms with E-state index in [1.165, 1.54) is 6.26 Å². The van der Waals surface area contributed by atoms with Crippen molar-refractivity contribution in [1.29, 1.82) is 0 Å². The quantitative estimate of drug-likeness (QED) is 0.570. The monoisotopic (exact) mass is 494 g/mol. The summed E-state index contributed by atoms with van der Waals surface area (Å²) in [7, 11) is -3.19. The first-order chi connectivity index (χ1) is 16.8. The maximum atomic E-state index is 11.6. The number of aromatic nitrogens is 5. The van der Waals surface area contributed by atoms with Crippen molar-refractivity contribution in [3.8, 4) is 11.6 Å². The minimum Gasteiger partial charge on any atom is -0.371 e. The summed E-state index contributed by atoms with van der Waals surface area (Å²) in [6.07, 6.45) is 8.85. The summed E-state index contributed by atoms with van der Waals surface area (Å²) in [6, 6.07) is 6.10. The van der Waals surface area contributed by atoms with Crippen LogP contribution in [0.2, 0.25) is 0 Å². The van der Waals surface area contributed by atoms with Crippen molar-refractivity contribution in [2.75, 3.05) is 35.7 Å². The van der Waals surface area contributed by atoms with Gasteiger partial charge in [-0.05, 0) is 38.8 Å². The van der Waals surface area contributed by atoms with Crippen molar-refractivity contribution in [3.63, 3.8) is 0 Å². The van der Waals surface area contributed by atoms with E-state index in [1.54, 1.807) is 18.5 Å².